The highest BCUT2D eigenvalue weighted by atomic mass is 16.1. The van der Waals surface area contributed by atoms with Gasteiger partial charge in [-0.25, -0.2) is 0 Å². The third-order valence-corrected chi connectivity index (χ3v) is 4.36. The fourth-order valence-corrected chi connectivity index (χ4v) is 2.94. The van der Waals surface area contributed by atoms with E-state index < -0.39 is 0 Å². The molecular weight excluding hydrogens is 200 g/mol. The number of hydrogen-bond donors (Lipinski definition) is 2. The first kappa shape index (κ1) is 11.9. The lowest BCUT2D eigenvalue weighted by Crippen LogP contribution is -2.46. The number of rotatable bonds is 4. The van der Waals surface area contributed by atoms with Crippen molar-refractivity contribution < 1.29 is 4.79 Å². The van der Waals surface area contributed by atoms with E-state index in [0.29, 0.717) is 18.4 Å². The van der Waals surface area contributed by atoms with Crippen LogP contribution >= 0.6 is 0 Å². The van der Waals surface area contributed by atoms with E-state index in [-0.39, 0.29) is 11.4 Å². The number of carbonyl (C=O) groups excluding carboxylic acids is 1. The molecule has 1 unspecified atom stereocenters. The molecular formula is C13H24N2O. The van der Waals surface area contributed by atoms with Gasteiger partial charge < -0.3 is 11.1 Å². The van der Waals surface area contributed by atoms with Crippen LogP contribution in [-0.2, 0) is 4.79 Å². The Hall–Kier alpha value is -0.570. The molecule has 2 fully saturated rings. The maximum Gasteiger partial charge on any atom is 0.222 e. The first-order chi connectivity index (χ1) is 7.59. The van der Waals surface area contributed by atoms with Crippen LogP contribution in [-0.4, -0.2) is 17.5 Å². The number of nitrogens with one attached hydrogen (secondary N) is 1. The molecule has 3 N–H and O–H groups in total. The standard InChI is InChI=1S/C13H24N2O/c1-10(11-5-4-6-11)15-12(16)9-13(14)7-2-3-8-13/h10-11H,2-9,14H2,1H3,(H,15,16). The average Bonchev–Trinajstić information content (AvgIpc) is 2.47. The van der Waals surface area contributed by atoms with Gasteiger partial charge in [0.25, 0.3) is 0 Å². The molecule has 2 saturated carbocycles. The van der Waals surface area contributed by atoms with E-state index in [0.717, 1.165) is 12.8 Å². The summed E-state index contributed by atoms with van der Waals surface area (Å²) in [7, 11) is 0. The molecule has 0 bridgehead atoms. The number of nitrogens with two attached hydrogens (primary N) is 1. The second kappa shape index (κ2) is 4.74. The maximum atomic E-state index is 11.9. The van der Waals surface area contributed by atoms with Crippen LogP contribution < -0.4 is 11.1 Å². The summed E-state index contributed by atoms with van der Waals surface area (Å²) < 4.78 is 0. The molecule has 0 aliphatic heterocycles. The van der Waals surface area contributed by atoms with E-state index >= 15 is 0 Å². The van der Waals surface area contributed by atoms with Crippen molar-refractivity contribution in [3.05, 3.63) is 0 Å². The highest BCUT2D eigenvalue weighted by molar-refractivity contribution is 5.77. The van der Waals surface area contributed by atoms with E-state index in [9.17, 15) is 4.79 Å². The molecule has 3 heteroatoms. The summed E-state index contributed by atoms with van der Waals surface area (Å²) in [6.45, 7) is 2.12. The Morgan fingerprint density at radius 3 is 2.50 bits per heavy atom. The second-order valence-electron chi connectivity index (χ2n) is 5.79. The summed E-state index contributed by atoms with van der Waals surface area (Å²) in [4.78, 5) is 11.9. The van der Waals surface area contributed by atoms with Gasteiger partial charge in [-0.1, -0.05) is 19.3 Å². The lowest BCUT2D eigenvalue weighted by molar-refractivity contribution is -0.123. The zero-order valence-electron chi connectivity index (χ0n) is 10.3. The SMILES string of the molecule is CC(NC(=O)CC1(N)CCCC1)C1CCC1. The van der Waals surface area contributed by atoms with E-state index in [1.54, 1.807) is 0 Å². The number of carbonyl (C=O) groups is 1. The van der Waals surface area contributed by atoms with Gasteiger partial charge >= 0.3 is 0 Å². The van der Waals surface area contributed by atoms with Crippen molar-refractivity contribution in [3.63, 3.8) is 0 Å². The molecule has 0 aromatic carbocycles. The fourth-order valence-electron chi connectivity index (χ4n) is 2.94. The van der Waals surface area contributed by atoms with Crippen molar-refractivity contribution in [2.24, 2.45) is 11.7 Å². The van der Waals surface area contributed by atoms with Gasteiger partial charge in [0.15, 0.2) is 0 Å². The number of amides is 1. The maximum absolute atomic E-state index is 11.9. The molecule has 2 rings (SSSR count). The van der Waals surface area contributed by atoms with Crippen LogP contribution in [0, 0.1) is 5.92 Å². The Morgan fingerprint density at radius 1 is 1.38 bits per heavy atom. The zero-order valence-corrected chi connectivity index (χ0v) is 10.3. The van der Waals surface area contributed by atoms with Gasteiger partial charge in [0.1, 0.15) is 0 Å². The van der Waals surface area contributed by atoms with Crippen LogP contribution in [0.3, 0.4) is 0 Å². The van der Waals surface area contributed by atoms with E-state index in [2.05, 4.69) is 12.2 Å². The van der Waals surface area contributed by atoms with Gasteiger partial charge in [-0.15, -0.1) is 0 Å². The molecule has 0 spiro atoms. The third-order valence-electron chi connectivity index (χ3n) is 4.36. The predicted octanol–water partition coefficient (Wildman–Crippen LogP) is 1.95. The van der Waals surface area contributed by atoms with E-state index in [1.807, 2.05) is 0 Å². The normalized spacial score (nSPS) is 26.1. The molecule has 0 heterocycles. The van der Waals surface area contributed by atoms with E-state index in [4.69, 9.17) is 5.73 Å². The van der Waals surface area contributed by atoms with Crippen LogP contribution in [0.4, 0.5) is 0 Å². The summed E-state index contributed by atoms with van der Waals surface area (Å²) in [5.74, 6) is 0.866. The summed E-state index contributed by atoms with van der Waals surface area (Å²) in [6.07, 6.45) is 8.78. The topological polar surface area (TPSA) is 55.1 Å². The van der Waals surface area contributed by atoms with E-state index in [1.165, 1.54) is 32.1 Å². The minimum Gasteiger partial charge on any atom is -0.353 e. The zero-order chi connectivity index (χ0) is 11.6. The molecule has 0 aromatic rings. The Balaban J connectivity index is 1.74. The summed E-state index contributed by atoms with van der Waals surface area (Å²) in [6, 6.07) is 0.339. The predicted molar refractivity (Wildman–Crippen MR) is 64.9 cm³/mol. The fraction of sp³-hybridized carbons (Fsp3) is 0.923. The second-order valence-corrected chi connectivity index (χ2v) is 5.79. The van der Waals surface area contributed by atoms with Crippen molar-refractivity contribution in [3.8, 4) is 0 Å². The molecule has 1 amide bonds. The monoisotopic (exact) mass is 224 g/mol. The van der Waals surface area contributed by atoms with Crippen LogP contribution in [0.1, 0.15) is 58.3 Å². The summed E-state index contributed by atoms with van der Waals surface area (Å²) in [5, 5.41) is 3.11. The first-order valence-electron chi connectivity index (χ1n) is 6.67. The third kappa shape index (κ3) is 2.76. The Bertz CT molecular complexity index is 255. The molecule has 0 saturated heterocycles. The molecule has 92 valence electrons. The van der Waals surface area contributed by atoms with Crippen molar-refractivity contribution in [2.45, 2.75) is 69.9 Å². The van der Waals surface area contributed by atoms with Crippen molar-refractivity contribution in [1.82, 2.24) is 5.32 Å². The van der Waals surface area contributed by atoms with Crippen molar-refractivity contribution >= 4 is 5.91 Å². The van der Waals surface area contributed by atoms with Crippen LogP contribution in [0.2, 0.25) is 0 Å². The Labute approximate surface area is 98.2 Å². The minimum absolute atomic E-state index is 0.156. The summed E-state index contributed by atoms with van der Waals surface area (Å²) in [5.41, 5.74) is 5.99. The average molecular weight is 224 g/mol. The first-order valence-corrected chi connectivity index (χ1v) is 6.67. The molecule has 0 radical (unpaired) electrons. The van der Waals surface area contributed by atoms with Gasteiger partial charge in [0, 0.05) is 18.0 Å². The molecule has 2 aliphatic rings. The smallest absolute Gasteiger partial charge is 0.222 e. The molecule has 2 aliphatic carbocycles. The van der Waals surface area contributed by atoms with Gasteiger partial charge in [-0.3, -0.25) is 4.79 Å². The Kier molecular flexibility index (Phi) is 3.53. The molecule has 3 nitrogen and oxygen atoms in total. The Morgan fingerprint density at radius 2 is 2.00 bits per heavy atom. The van der Waals surface area contributed by atoms with Gasteiger partial charge in [0.2, 0.25) is 5.91 Å². The van der Waals surface area contributed by atoms with Gasteiger partial charge in [-0.05, 0) is 38.5 Å². The van der Waals surface area contributed by atoms with Crippen LogP contribution in [0.25, 0.3) is 0 Å². The molecule has 16 heavy (non-hydrogen) atoms. The van der Waals surface area contributed by atoms with Gasteiger partial charge in [0.05, 0.1) is 0 Å². The molecule has 0 aromatic heterocycles. The molecule has 1 atom stereocenters. The van der Waals surface area contributed by atoms with Crippen LogP contribution in [0.5, 0.6) is 0 Å². The minimum atomic E-state index is -0.205. The number of hydrogen-bond acceptors (Lipinski definition) is 2. The summed E-state index contributed by atoms with van der Waals surface area (Å²) >= 11 is 0. The highest BCUT2D eigenvalue weighted by Gasteiger charge is 2.33. The van der Waals surface area contributed by atoms with Crippen molar-refractivity contribution in [2.75, 3.05) is 0 Å². The van der Waals surface area contributed by atoms with Crippen LogP contribution in [0.15, 0.2) is 0 Å². The largest absolute Gasteiger partial charge is 0.353 e. The van der Waals surface area contributed by atoms with Gasteiger partial charge in [-0.2, -0.15) is 0 Å². The highest BCUT2D eigenvalue weighted by Crippen LogP contribution is 2.31. The quantitative estimate of drug-likeness (QED) is 0.767. The van der Waals surface area contributed by atoms with Crippen molar-refractivity contribution in [1.29, 1.82) is 0 Å². The lowest BCUT2D eigenvalue weighted by Gasteiger charge is -2.33. The lowest BCUT2D eigenvalue weighted by atomic mass is 9.80.